The molecule has 3 saturated heterocycles. The van der Waals surface area contributed by atoms with E-state index in [1.807, 2.05) is 32.8 Å². The number of hydrogen-bond acceptors (Lipinski definition) is 13. The lowest BCUT2D eigenvalue weighted by molar-refractivity contribution is -0.311. The van der Waals surface area contributed by atoms with Crippen LogP contribution in [0.15, 0.2) is 0 Å². The molecule has 3 unspecified atom stereocenters. The van der Waals surface area contributed by atoms with Crippen molar-refractivity contribution in [3.8, 4) is 0 Å². The molecule has 3 fully saturated rings. The van der Waals surface area contributed by atoms with Gasteiger partial charge in [-0.2, -0.15) is 0 Å². The van der Waals surface area contributed by atoms with Gasteiger partial charge >= 0.3 is 5.97 Å². The molecule has 4 N–H and O–H groups in total. The lowest BCUT2D eigenvalue weighted by Crippen LogP contribution is -2.60. The van der Waals surface area contributed by atoms with Crippen molar-refractivity contribution in [1.82, 2.24) is 4.90 Å². The monoisotopic (exact) mass is 703 g/mol. The molecule has 286 valence electrons. The first-order valence-electron chi connectivity index (χ1n) is 18.0. The fourth-order valence-electron chi connectivity index (χ4n) is 7.97. The second-order valence-corrected chi connectivity index (χ2v) is 15.8. The highest BCUT2D eigenvalue weighted by atomic mass is 16.7. The molecule has 13 heteroatoms. The Morgan fingerprint density at radius 2 is 1.55 bits per heavy atom. The lowest BCUT2D eigenvalue weighted by Gasteiger charge is -2.48. The van der Waals surface area contributed by atoms with Crippen LogP contribution < -0.4 is 0 Å². The van der Waals surface area contributed by atoms with E-state index < -0.39 is 96.0 Å². The molecule has 17 atom stereocenters. The van der Waals surface area contributed by atoms with Crippen LogP contribution in [0.1, 0.15) is 88.0 Å². The van der Waals surface area contributed by atoms with E-state index in [9.17, 15) is 30.0 Å². The Morgan fingerprint density at radius 1 is 0.918 bits per heavy atom. The van der Waals surface area contributed by atoms with Crippen LogP contribution in [0, 0.1) is 29.6 Å². The first-order valence-corrected chi connectivity index (χ1v) is 18.0. The fraction of sp³-hybridized carbons (Fsp3) is 0.944. The van der Waals surface area contributed by atoms with Crippen LogP contribution in [-0.4, -0.2) is 137 Å². The average Bonchev–Trinajstić information content (AvgIpc) is 3.04. The van der Waals surface area contributed by atoms with Gasteiger partial charge in [-0.3, -0.25) is 9.59 Å². The highest BCUT2D eigenvalue weighted by Crippen LogP contribution is 2.39. The second kappa shape index (κ2) is 17.0. The van der Waals surface area contributed by atoms with Crippen molar-refractivity contribution in [2.24, 2.45) is 29.6 Å². The van der Waals surface area contributed by atoms with E-state index in [-0.39, 0.29) is 37.4 Å². The molecule has 13 nitrogen and oxygen atoms in total. The van der Waals surface area contributed by atoms with Crippen LogP contribution in [0.2, 0.25) is 0 Å². The molecule has 49 heavy (non-hydrogen) atoms. The van der Waals surface area contributed by atoms with Gasteiger partial charge in [-0.05, 0) is 61.1 Å². The van der Waals surface area contributed by atoms with Gasteiger partial charge in [0.15, 0.2) is 12.6 Å². The van der Waals surface area contributed by atoms with E-state index >= 15 is 0 Å². The molecule has 0 bridgehead atoms. The van der Waals surface area contributed by atoms with Gasteiger partial charge in [-0.1, -0.05) is 34.6 Å². The zero-order chi connectivity index (χ0) is 37.2. The van der Waals surface area contributed by atoms with E-state index in [1.165, 1.54) is 7.11 Å². The summed E-state index contributed by atoms with van der Waals surface area (Å²) in [6, 6.07) is -0.293. The minimum absolute atomic E-state index is 0.0433. The number of likely N-dealkylation sites (N-methyl/N-ethyl adjacent to an activating group) is 1. The maximum absolute atomic E-state index is 14.0. The summed E-state index contributed by atoms with van der Waals surface area (Å²) in [4.78, 5) is 29.6. The van der Waals surface area contributed by atoms with E-state index in [4.69, 9.17) is 28.4 Å². The third-order valence-corrected chi connectivity index (χ3v) is 11.5. The van der Waals surface area contributed by atoms with Gasteiger partial charge in [-0.15, -0.1) is 0 Å². The summed E-state index contributed by atoms with van der Waals surface area (Å²) in [7, 11) is 5.23. The highest BCUT2D eigenvalue weighted by Gasteiger charge is 2.51. The Labute approximate surface area is 292 Å². The highest BCUT2D eigenvalue weighted by molar-refractivity contribution is 5.83. The number of rotatable bonds is 7. The number of ketones is 1. The number of nitrogens with zero attached hydrogens (tertiary/aromatic N) is 1. The van der Waals surface area contributed by atoms with Gasteiger partial charge in [0.25, 0.3) is 0 Å². The molecule has 3 heterocycles. The molecule has 0 spiro atoms. The zero-order valence-corrected chi connectivity index (χ0v) is 31.7. The van der Waals surface area contributed by atoms with Crippen molar-refractivity contribution in [3.05, 3.63) is 0 Å². The first kappa shape index (κ1) is 42.2. The SMILES string of the molecule is CC[C@H]1OC(=O)[C@H](C)[C@@H](OC2C[C@@](C)(OC)C(O)CO2)[C@H](C)[C@@H](OC2O[C@H](C)C[C@H](N(C)C)[C@H]2O)[C@](C)(O)C[C@@H](C)C(=O)[C@H](C)[C@@H](O)[C@H]1C. The van der Waals surface area contributed by atoms with Gasteiger partial charge in [0.2, 0.25) is 0 Å². The van der Waals surface area contributed by atoms with Crippen LogP contribution in [0.3, 0.4) is 0 Å². The predicted molar refractivity (Wildman–Crippen MR) is 180 cm³/mol. The normalized spacial score (nSPS) is 48.2. The summed E-state index contributed by atoms with van der Waals surface area (Å²) in [5.41, 5.74) is -2.70. The smallest absolute Gasteiger partial charge is 0.311 e. The number of hydrogen-bond donors (Lipinski definition) is 4. The number of ether oxygens (including phenoxy) is 6. The van der Waals surface area contributed by atoms with Crippen LogP contribution in [-0.2, 0) is 38.0 Å². The van der Waals surface area contributed by atoms with Crippen LogP contribution in [0.4, 0.5) is 0 Å². The van der Waals surface area contributed by atoms with Gasteiger partial charge in [0, 0.05) is 43.2 Å². The van der Waals surface area contributed by atoms with E-state index in [0.717, 1.165) is 0 Å². The Bertz CT molecular complexity index is 1090. The number of cyclic esters (lactones) is 1. The van der Waals surface area contributed by atoms with E-state index in [0.29, 0.717) is 12.8 Å². The van der Waals surface area contributed by atoms with Gasteiger partial charge < -0.3 is 53.7 Å². The van der Waals surface area contributed by atoms with Crippen molar-refractivity contribution in [2.45, 2.75) is 161 Å². The number of carbonyl (C=O) groups is 2. The van der Waals surface area contributed by atoms with Crippen LogP contribution in [0.25, 0.3) is 0 Å². The third kappa shape index (κ3) is 9.60. The number of methoxy groups -OCH3 is 1. The molecular weight excluding hydrogens is 638 g/mol. The van der Waals surface area contributed by atoms with Crippen molar-refractivity contribution >= 4 is 11.8 Å². The van der Waals surface area contributed by atoms with Crippen molar-refractivity contribution in [1.29, 1.82) is 0 Å². The van der Waals surface area contributed by atoms with E-state index in [1.54, 1.807) is 48.5 Å². The number of carbonyl (C=O) groups excluding carboxylic acids is 2. The summed E-state index contributed by atoms with van der Waals surface area (Å²) < 4.78 is 36.9. The maximum atomic E-state index is 14.0. The maximum Gasteiger partial charge on any atom is 0.311 e. The molecule has 3 aliphatic rings. The quantitative estimate of drug-likeness (QED) is 0.285. The minimum atomic E-state index is -1.71. The van der Waals surface area contributed by atoms with Crippen molar-refractivity contribution in [2.75, 3.05) is 27.8 Å². The summed E-state index contributed by atoms with van der Waals surface area (Å²) in [6.07, 6.45) is -7.14. The van der Waals surface area contributed by atoms with Gasteiger partial charge in [-0.25, -0.2) is 0 Å². The molecule has 0 aromatic rings. The number of aliphatic hydroxyl groups is 4. The molecule has 3 rings (SSSR count). The Hall–Kier alpha value is -1.26. The minimum Gasteiger partial charge on any atom is -0.462 e. The number of aliphatic hydroxyl groups excluding tert-OH is 3. The van der Waals surface area contributed by atoms with Crippen LogP contribution in [0.5, 0.6) is 0 Å². The average molecular weight is 704 g/mol. The fourth-order valence-corrected chi connectivity index (χ4v) is 7.97. The Kier molecular flexibility index (Phi) is 14.7. The third-order valence-electron chi connectivity index (χ3n) is 11.5. The predicted octanol–water partition coefficient (Wildman–Crippen LogP) is 2.28. The first-order chi connectivity index (χ1) is 22.7. The molecule has 0 aromatic carbocycles. The summed E-state index contributed by atoms with van der Waals surface area (Å²) in [5, 5.41) is 45.7. The Balaban J connectivity index is 2.14. The molecule has 0 radical (unpaired) electrons. The Morgan fingerprint density at radius 3 is 2.12 bits per heavy atom. The second-order valence-electron chi connectivity index (χ2n) is 15.8. The summed E-state index contributed by atoms with van der Waals surface area (Å²) in [6.45, 7) is 15.6. The molecule has 0 aliphatic carbocycles. The standard InChI is InChI=1S/C36H65NO12/c1-13-25-20(4)29(40)21(5)28(39)18(2)15-35(8,43)32(49-34-30(41)24(37(10)11)14-19(3)46-34)22(6)31(23(7)33(42)47-25)48-27-16-36(9,44-12)26(38)17-45-27/h18-27,29-32,34,38,40-41,43H,13-17H2,1-12H3/t18-,19-,20+,21+,22+,23-,24+,25-,26?,27?,29+,30-,31+,32-,34?,35-,36-/m1/s1. The summed E-state index contributed by atoms with van der Waals surface area (Å²) in [5.74, 6) is -4.56. The number of Topliss-reactive ketones (excluding diaryl/α,β-unsaturated/α-hetero) is 1. The topological polar surface area (TPSA) is 174 Å². The van der Waals surface area contributed by atoms with Crippen molar-refractivity contribution < 1.29 is 58.4 Å². The van der Waals surface area contributed by atoms with Crippen molar-refractivity contribution in [3.63, 3.8) is 0 Å². The van der Waals surface area contributed by atoms with Gasteiger partial charge in [0.05, 0.1) is 48.1 Å². The zero-order valence-electron chi connectivity index (χ0n) is 31.7. The number of esters is 1. The van der Waals surface area contributed by atoms with Crippen LogP contribution >= 0.6 is 0 Å². The molecule has 0 amide bonds. The van der Waals surface area contributed by atoms with Gasteiger partial charge in [0.1, 0.15) is 24.1 Å². The molecular formula is C36H65NO12. The molecule has 3 aliphatic heterocycles. The largest absolute Gasteiger partial charge is 0.462 e. The summed E-state index contributed by atoms with van der Waals surface area (Å²) >= 11 is 0. The van der Waals surface area contributed by atoms with E-state index in [2.05, 4.69) is 0 Å². The lowest BCUT2D eigenvalue weighted by atomic mass is 9.74. The molecule has 0 aromatic heterocycles. The molecule has 0 saturated carbocycles.